The van der Waals surface area contributed by atoms with Crippen molar-refractivity contribution < 1.29 is 4.74 Å². The molecule has 1 aliphatic heterocycles. The van der Waals surface area contributed by atoms with Crippen LogP contribution in [-0.4, -0.2) is 25.8 Å². The minimum atomic E-state index is 0.441. The van der Waals surface area contributed by atoms with Crippen molar-refractivity contribution in [3.05, 3.63) is 21.3 Å². The third-order valence-electron chi connectivity index (χ3n) is 3.31. The molecule has 1 fully saturated rings. The van der Waals surface area contributed by atoms with Crippen LogP contribution in [0.1, 0.15) is 30.6 Å². The van der Waals surface area contributed by atoms with Crippen molar-refractivity contribution in [3.63, 3.8) is 0 Å². The highest BCUT2D eigenvalue weighted by atomic mass is 35.5. The molecule has 0 radical (unpaired) electrons. The summed E-state index contributed by atoms with van der Waals surface area (Å²) in [4.78, 5) is 1.35. The van der Waals surface area contributed by atoms with Crippen molar-refractivity contribution >= 4 is 22.9 Å². The minimum Gasteiger partial charge on any atom is -0.378 e. The maximum atomic E-state index is 5.95. The summed E-state index contributed by atoms with van der Waals surface area (Å²) in [6.45, 7) is 0.936. The fraction of sp³-hybridized carbons (Fsp3) is 0.692. The zero-order chi connectivity index (χ0) is 12.1. The molecule has 1 aromatic heterocycles. The minimum absolute atomic E-state index is 0.441. The molecule has 2 atom stereocenters. The molecule has 1 aliphatic rings. The molecule has 2 unspecified atom stereocenters. The van der Waals surface area contributed by atoms with Gasteiger partial charge in [-0.15, -0.1) is 11.3 Å². The Bertz CT molecular complexity index is 336. The van der Waals surface area contributed by atoms with Gasteiger partial charge in [-0.05, 0) is 51.3 Å². The first kappa shape index (κ1) is 13.3. The molecule has 0 spiro atoms. The summed E-state index contributed by atoms with van der Waals surface area (Å²) < 4.78 is 6.67. The van der Waals surface area contributed by atoms with Crippen LogP contribution in [0.5, 0.6) is 0 Å². The summed E-state index contributed by atoms with van der Waals surface area (Å²) in [6.07, 6.45) is 6.34. The lowest BCUT2D eigenvalue weighted by Crippen LogP contribution is -2.34. The van der Waals surface area contributed by atoms with Gasteiger partial charge in [-0.3, -0.25) is 0 Å². The second-order valence-corrected chi connectivity index (χ2v) is 6.42. The van der Waals surface area contributed by atoms with Crippen LogP contribution in [0.25, 0.3) is 0 Å². The van der Waals surface area contributed by atoms with E-state index < -0.39 is 0 Å². The predicted octanol–water partition coefficient (Wildman–Crippen LogP) is 3.49. The molecule has 2 heterocycles. The van der Waals surface area contributed by atoms with E-state index in [4.69, 9.17) is 16.3 Å². The summed E-state index contributed by atoms with van der Waals surface area (Å²) in [5.41, 5.74) is 0. The molecule has 2 rings (SSSR count). The average molecular weight is 274 g/mol. The van der Waals surface area contributed by atoms with Gasteiger partial charge in [-0.1, -0.05) is 11.6 Å². The topological polar surface area (TPSA) is 21.3 Å². The summed E-state index contributed by atoms with van der Waals surface area (Å²) in [6, 6.07) is 4.59. The van der Waals surface area contributed by atoms with Crippen LogP contribution in [0.4, 0.5) is 0 Å². The molecule has 0 saturated carbocycles. The fourth-order valence-electron chi connectivity index (χ4n) is 2.32. The summed E-state index contributed by atoms with van der Waals surface area (Å²) in [5, 5.41) is 3.39. The third kappa shape index (κ3) is 4.25. The van der Waals surface area contributed by atoms with Gasteiger partial charge in [-0.25, -0.2) is 0 Å². The van der Waals surface area contributed by atoms with E-state index in [-0.39, 0.29) is 0 Å². The second kappa shape index (κ2) is 6.74. The summed E-state index contributed by atoms with van der Waals surface area (Å²) >= 11 is 7.63. The van der Waals surface area contributed by atoms with Gasteiger partial charge in [-0.2, -0.15) is 0 Å². The van der Waals surface area contributed by atoms with Crippen molar-refractivity contribution in [2.45, 2.75) is 44.2 Å². The van der Waals surface area contributed by atoms with Gasteiger partial charge in [0, 0.05) is 17.5 Å². The average Bonchev–Trinajstić information content (AvgIpc) is 2.75. The van der Waals surface area contributed by atoms with E-state index in [9.17, 15) is 0 Å². The largest absolute Gasteiger partial charge is 0.378 e. The van der Waals surface area contributed by atoms with E-state index in [0.29, 0.717) is 12.1 Å². The molecule has 0 aliphatic carbocycles. The highest BCUT2D eigenvalue weighted by Gasteiger charge is 2.19. The van der Waals surface area contributed by atoms with Gasteiger partial charge in [0.05, 0.1) is 10.4 Å². The van der Waals surface area contributed by atoms with E-state index >= 15 is 0 Å². The van der Waals surface area contributed by atoms with Gasteiger partial charge >= 0.3 is 0 Å². The van der Waals surface area contributed by atoms with Crippen LogP contribution in [-0.2, 0) is 11.2 Å². The van der Waals surface area contributed by atoms with Crippen LogP contribution in [0.2, 0.25) is 4.34 Å². The number of nitrogens with one attached hydrogen (secondary N) is 1. The predicted molar refractivity (Wildman–Crippen MR) is 74.1 cm³/mol. The van der Waals surface area contributed by atoms with E-state index in [1.165, 1.54) is 24.1 Å². The molecule has 0 bridgehead atoms. The first-order chi connectivity index (χ1) is 8.28. The Morgan fingerprint density at radius 1 is 1.53 bits per heavy atom. The first-order valence-corrected chi connectivity index (χ1v) is 7.50. The van der Waals surface area contributed by atoms with E-state index in [1.54, 1.807) is 11.3 Å². The number of ether oxygens (including phenoxy) is 1. The Morgan fingerprint density at radius 3 is 3.00 bits per heavy atom. The molecule has 17 heavy (non-hydrogen) atoms. The SMILES string of the molecule is CNC(Cc1ccc(Cl)s1)CC1CCCCO1. The molecule has 1 N–H and O–H groups in total. The van der Waals surface area contributed by atoms with Crippen LogP contribution in [0.15, 0.2) is 12.1 Å². The number of thiophene rings is 1. The number of halogens is 1. The quantitative estimate of drug-likeness (QED) is 0.887. The van der Waals surface area contributed by atoms with Gasteiger partial charge in [0.1, 0.15) is 0 Å². The molecule has 1 saturated heterocycles. The van der Waals surface area contributed by atoms with E-state index in [1.807, 2.05) is 13.1 Å². The zero-order valence-electron chi connectivity index (χ0n) is 10.2. The zero-order valence-corrected chi connectivity index (χ0v) is 11.8. The normalized spacial score (nSPS) is 22.6. The number of hydrogen-bond acceptors (Lipinski definition) is 3. The van der Waals surface area contributed by atoms with Crippen molar-refractivity contribution in [2.24, 2.45) is 0 Å². The number of hydrogen-bond donors (Lipinski definition) is 1. The van der Waals surface area contributed by atoms with Gasteiger partial charge in [0.15, 0.2) is 0 Å². The Morgan fingerprint density at radius 2 is 2.41 bits per heavy atom. The van der Waals surface area contributed by atoms with Gasteiger partial charge in [0.25, 0.3) is 0 Å². The van der Waals surface area contributed by atoms with Crippen molar-refractivity contribution in [3.8, 4) is 0 Å². The number of likely N-dealkylation sites (N-methyl/N-ethyl adjacent to an activating group) is 1. The third-order valence-corrected chi connectivity index (χ3v) is 4.56. The Balaban J connectivity index is 1.83. The van der Waals surface area contributed by atoms with E-state index in [0.717, 1.165) is 23.8 Å². The molecule has 0 amide bonds. The van der Waals surface area contributed by atoms with Gasteiger partial charge < -0.3 is 10.1 Å². The second-order valence-electron chi connectivity index (χ2n) is 4.62. The van der Waals surface area contributed by atoms with Crippen molar-refractivity contribution in [1.29, 1.82) is 0 Å². The van der Waals surface area contributed by atoms with Crippen molar-refractivity contribution in [2.75, 3.05) is 13.7 Å². The highest BCUT2D eigenvalue weighted by molar-refractivity contribution is 7.16. The molecule has 4 heteroatoms. The van der Waals surface area contributed by atoms with Crippen LogP contribution in [0, 0.1) is 0 Å². The lowest BCUT2D eigenvalue weighted by Gasteiger charge is -2.26. The standard InChI is InChI=1S/C13H20ClNOS/c1-15-10(8-11-4-2-3-7-16-11)9-12-5-6-13(14)17-12/h5-6,10-11,15H,2-4,7-9H2,1H3. The van der Waals surface area contributed by atoms with Gasteiger partial charge in [0.2, 0.25) is 0 Å². The van der Waals surface area contributed by atoms with Crippen LogP contribution in [0.3, 0.4) is 0 Å². The highest BCUT2D eigenvalue weighted by Crippen LogP contribution is 2.24. The smallest absolute Gasteiger partial charge is 0.0931 e. The molecule has 2 nitrogen and oxygen atoms in total. The van der Waals surface area contributed by atoms with Crippen LogP contribution < -0.4 is 5.32 Å². The summed E-state index contributed by atoms with van der Waals surface area (Å²) in [5.74, 6) is 0. The monoisotopic (exact) mass is 273 g/mol. The Labute approximate surface area is 112 Å². The molecule has 96 valence electrons. The van der Waals surface area contributed by atoms with Crippen molar-refractivity contribution in [1.82, 2.24) is 5.32 Å². The molecule has 0 aromatic carbocycles. The lowest BCUT2D eigenvalue weighted by atomic mass is 9.99. The molecule has 1 aromatic rings. The van der Waals surface area contributed by atoms with Crippen LogP contribution >= 0.6 is 22.9 Å². The molecular formula is C13H20ClNOS. The van der Waals surface area contributed by atoms with E-state index in [2.05, 4.69) is 11.4 Å². The number of rotatable bonds is 5. The molecular weight excluding hydrogens is 254 g/mol. The Kier molecular flexibility index (Phi) is 5.29. The first-order valence-electron chi connectivity index (χ1n) is 6.31. The maximum absolute atomic E-state index is 5.95. The lowest BCUT2D eigenvalue weighted by molar-refractivity contribution is 0.00573. The Hall–Kier alpha value is -0.0900. The fourth-order valence-corrected chi connectivity index (χ4v) is 3.49. The summed E-state index contributed by atoms with van der Waals surface area (Å²) in [7, 11) is 2.03. The maximum Gasteiger partial charge on any atom is 0.0931 e.